The number of para-hydroxylation sites is 1. The fraction of sp³-hybridized carbons (Fsp3) is 0.269. The van der Waals surface area contributed by atoms with Gasteiger partial charge < -0.3 is 25.8 Å². The van der Waals surface area contributed by atoms with Crippen LogP contribution in [0.25, 0.3) is 22.3 Å². The number of carboxylic acid groups (broad SMARTS) is 1. The molecule has 1 aliphatic rings. The number of nitrogens with two attached hydrogens (primary N) is 1. The van der Waals surface area contributed by atoms with Gasteiger partial charge in [0.05, 0.1) is 29.1 Å². The van der Waals surface area contributed by atoms with E-state index in [0.29, 0.717) is 58.5 Å². The molecule has 1 atom stereocenters. The van der Waals surface area contributed by atoms with E-state index in [1.807, 2.05) is 24.3 Å². The number of halogens is 1. The van der Waals surface area contributed by atoms with Crippen molar-refractivity contribution in [3.8, 4) is 17.0 Å². The highest BCUT2D eigenvalue weighted by Gasteiger charge is 2.28. The number of benzene rings is 2. The van der Waals surface area contributed by atoms with Crippen LogP contribution in [0.4, 0.5) is 10.6 Å². The van der Waals surface area contributed by atoms with Crippen molar-refractivity contribution in [2.45, 2.75) is 25.4 Å². The third-order valence-corrected chi connectivity index (χ3v) is 6.92. The first-order valence-corrected chi connectivity index (χ1v) is 12.4. The Labute approximate surface area is 223 Å². The third-order valence-electron chi connectivity index (χ3n) is 6.63. The topological polar surface area (TPSA) is 148 Å². The molecule has 2 aromatic carbocycles. The minimum absolute atomic E-state index is 0.164. The molecule has 11 nitrogen and oxygen atoms in total. The van der Waals surface area contributed by atoms with Gasteiger partial charge in [0.2, 0.25) is 0 Å². The van der Waals surface area contributed by atoms with Crippen LogP contribution >= 0.6 is 11.6 Å². The molecular weight excluding hydrogens is 510 g/mol. The molecule has 12 heteroatoms. The van der Waals surface area contributed by atoms with Crippen LogP contribution in [0.15, 0.2) is 48.8 Å². The number of nitrogens with zero attached hydrogens (tertiary/aromatic N) is 5. The van der Waals surface area contributed by atoms with Crippen LogP contribution in [0.5, 0.6) is 5.75 Å². The molecular formula is C26H26ClN7O4. The summed E-state index contributed by atoms with van der Waals surface area (Å²) in [6.07, 6.45) is 1.95. The Kier molecular flexibility index (Phi) is 7.01. The van der Waals surface area contributed by atoms with Crippen molar-refractivity contribution < 1.29 is 19.4 Å². The molecule has 0 bridgehead atoms. The summed E-state index contributed by atoms with van der Waals surface area (Å²) < 4.78 is 7.04. The molecule has 0 spiro atoms. The SMILES string of the molecule is COc1c(Cl)cccc1C(=O)NCc1ccc(-c2nn([C@@H]3CCCN(C(=O)O)C3)c3ncnc(N)c23)cc1. The average molecular weight is 536 g/mol. The number of nitrogen functional groups attached to an aromatic ring is 1. The van der Waals surface area contributed by atoms with E-state index < -0.39 is 6.09 Å². The number of hydrogen-bond acceptors (Lipinski definition) is 7. The molecule has 38 heavy (non-hydrogen) atoms. The van der Waals surface area contributed by atoms with E-state index in [1.54, 1.807) is 22.9 Å². The molecule has 1 saturated heterocycles. The maximum atomic E-state index is 12.7. The number of carbonyl (C=O) groups is 2. The zero-order valence-electron chi connectivity index (χ0n) is 20.6. The number of methoxy groups -OCH3 is 1. The van der Waals surface area contributed by atoms with Crippen molar-refractivity contribution >= 4 is 40.5 Å². The summed E-state index contributed by atoms with van der Waals surface area (Å²) in [7, 11) is 1.47. The van der Waals surface area contributed by atoms with Crippen molar-refractivity contribution in [1.29, 1.82) is 0 Å². The average Bonchev–Trinajstić information content (AvgIpc) is 3.33. The molecule has 196 valence electrons. The van der Waals surface area contributed by atoms with Gasteiger partial charge in [0.1, 0.15) is 23.6 Å². The highest BCUT2D eigenvalue weighted by molar-refractivity contribution is 6.32. The minimum atomic E-state index is -0.947. The molecule has 4 N–H and O–H groups in total. The maximum absolute atomic E-state index is 12.7. The second-order valence-corrected chi connectivity index (χ2v) is 9.38. The Morgan fingerprint density at radius 2 is 2.00 bits per heavy atom. The number of nitrogens with one attached hydrogen (secondary N) is 1. The van der Waals surface area contributed by atoms with Crippen molar-refractivity contribution in [1.82, 2.24) is 30.0 Å². The Bertz CT molecular complexity index is 1510. The fourth-order valence-electron chi connectivity index (χ4n) is 4.73. The number of ether oxygens (including phenoxy) is 1. The summed E-state index contributed by atoms with van der Waals surface area (Å²) in [4.78, 5) is 34.2. The molecule has 1 fully saturated rings. The van der Waals surface area contributed by atoms with Crippen molar-refractivity contribution in [3.05, 3.63) is 64.9 Å². The zero-order chi connectivity index (χ0) is 26.8. The Morgan fingerprint density at radius 1 is 1.21 bits per heavy atom. The summed E-state index contributed by atoms with van der Waals surface area (Å²) in [5, 5.41) is 18.2. The Balaban J connectivity index is 1.39. The number of anilines is 1. The number of carbonyl (C=O) groups excluding carboxylic acids is 1. The molecule has 0 aliphatic carbocycles. The van der Waals surface area contributed by atoms with Crippen LogP contribution in [0.1, 0.15) is 34.8 Å². The lowest BCUT2D eigenvalue weighted by Gasteiger charge is -2.30. The third kappa shape index (κ3) is 4.80. The number of amides is 2. The lowest BCUT2D eigenvalue weighted by atomic mass is 10.1. The predicted octanol–water partition coefficient (Wildman–Crippen LogP) is 3.98. The normalized spacial score (nSPS) is 15.4. The predicted molar refractivity (Wildman–Crippen MR) is 142 cm³/mol. The second-order valence-electron chi connectivity index (χ2n) is 8.98. The maximum Gasteiger partial charge on any atom is 0.407 e. The number of fused-ring (bicyclic) bond motifs is 1. The van der Waals surface area contributed by atoms with Gasteiger partial charge in [0.15, 0.2) is 5.65 Å². The minimum Gasteiger partial charge on any atom is -0.494 e. The van der Waals surface area contributed by atoms with Crippen LogP contribution in [-0.4, -0.2) is 62.0 Å². The van der Waals surface area contributed by atoms with Crippen LogP contribution < -0.4 is 15.8 Å². The van der Waals surface area contributed by atoms with E-state index in [-0.39, 0.29) is 11.9 Å². The van der Waals surface area contributed by atoms with Gasteiger partial charge in [-0.3, -0.25) is 4.79 Å². The van der Waals surface area contributed by atoms with Gasteiger partial charge in [0.25, 0.3) is 5.91 Å². The molecule has 2 amide bonds. The van der Waals surface area contributed by atoms with E-state index in [0.717, 1.165) is 24.0 Å². The smallest absolute Gasteiger partial charge is 0.407 e. The highest BCUT2D eigenvalue weighted by atomic mass is 35.5. The lowest BCUT2D eigenvalue weighted by Crippen LogP contribution is -2.40. The fourth-order valence-corrected chi connectivity index (χ4v) is 4.99. The number of rotatable bonds is 6. The highest BCUT2D eigenvalue weighted by Crippen LogP contribution is 2.34. The van der Waals surface area contributed by atoms with E-state index in [9.17, 15) is 14.7 Å². The van der Waals surface area contributed by atoms with Gasteiger partial charge >= 0.3 is 6.09 Å². The summed E-state index contributed by atoms with van der Waals surface area (Å²) in [5.41, 5.74) is 9.45. The molecule has 0 saturated carbocycles. The van der Waals surface area contributed by atoms with Crippen LogP contribution in [-0.2, 0) is 6.54 Å². The molecule has 4 aromatic rings. The van der Waals surface area contributed by atoms with E-state index >= 15 is 0 Å². The number of piperidine rings is 1. The van der Waals surface area contributed by atoms with E-state index in [2.05, 4.69) is 15.3 Å². The molecule has 1 aliphatic heterocycles. The monoisotopic (exact) mass is 535 g/mol. The van der Waals surface area contributed by atoms with Gasteiger partial charge in [-0.05, 0) is 30.5 Å². The van der Waals surface area contributed by atoms with Gasteiger partial charge in [-0.1, -0.05) is 41.9 Å². The Morgan fingerprint density at radius 3 is 2.74 bits per heavy atom. The van der Waals surface area contributed by atoms with Gasteiger partial charge in [-0.25, -0.2) is 19.4 Å². The standard InChI is InChI=1S/C26H26ClN7O4/c1-38-22-18(5-2-6-19(22)27)25(35)29-12-15-7-9-16(10-8-15)21-20-23(28)30-14-31-24(20)34(32-21)17-4-3-11-33(13-17)26(36)37/h2,5-10,14,17H,3-4,11-13H2,1H3,(H,29,35)(H,36,37)(H2,28,30,31)/t17-/m1/s1. The van der Waals surface area contributed by atoms with Gasteiger partial charge in [-0.2, -0.15) is 5.10 Å². The van der Waals surface area contributed by atoms with E-state index in [4.69, 9.17) is 27.2 Å². The summed E-state index contributed by atoms with van der Waals surface area (Å²) in [6, 6.07) is 12.4. The number of likely N-dealkylation sites (tertiary alicyclic amines) is 1. The molecule has 0 radical (unpaired) electrons. The zero-order valence-corrected chi connectivity index (χ0v) is 21.4. The molecule has 3 heterocycles. The quantitative estimate of drug-likeness (QED) is 0.335. The lowest BCUT2D eigenvalue weighted by molar-refractivity contribution is 0.0947. The van der Waals surface area contributed by atoms with Crippen LogP contribution in [0.3, 0.4) is 0 Å². The second kappa shape index (κ2) is 10.5. The Hall–Kier alpha value is -4.38. The first kappa shape index (κ1) is 25.3. The van der Waals surface area contributed by atoms with Gasteiger partial charge in [0, 0.05) is 25.2 Å². The van der Waals surface area contributed by atoms with Gasteiger partial charge in [-0.15, -0.1) is 0 Å². The number of aromatic nitrogens is 4. The first-order chi connectivity index (χ1) is 18.4. The largest absolute Gasteiger partial charge is 0.494 e. The summed E-state index contributed by atoms with van der Waals surface area (Å²) in [6.45, 7) is 1.12. The summed E-state index contributed by atoms with van der Waals surface area (Å²) >= 11 is 6.13. The molecule has 5 rings (SSSR count). The van der Waals surface area contributed by atoms with Crippen molar-refractivity contribution in [3.63, 3.8) is 0 Å². The van der Waals surface area contributed by atoms with E-state index in [1.165, 1.54) is 18.3 Å². The molecule has 0 unspecified atom stereocenters. The summed E-state index contributed by atoms with van der Waals surface area (Å²) in [5.74, 6) is 0.327. The first-order valence-electron chi connectivity index (χ1n) is 12.0. The van der Waals surface area contributed by atoms with Crippen molar-refractivity contribution in [2.75, 3.05) is 25.9 Å². The number of hydrogen-bond donors (Lipinski definition) is 3. The van der Waals surface area contributed by atoms with Crippen LogP contribution in [0.2, 0.25) is 5.02 Å². The van der Waals surface area contributed by atoms with Crippen LogP contribution in [0, 0.1) is 0 Å². The van der Waals surface area contributed by atoms with Crippen molar-refractivity contribution in [2.24, 2.45) is 0 Å². The molecule has 2 aromatic heterocycles.